The second-order valence-electron chi connectivity index (χ2n) is 5.33. The molecule has 24 heavy (non-hydrogen) atoms. The van der Waals surface area contributed by atoms with E-state index in [1.807, 2.05) is 12.1 Å². The van der Waals surface area contributed by atoms with Gasteiger partial charge in [-0.15, -0.1) is 0 Å². The molecule has 0 aliphatic heterocycles. The maximum absolute atomic E-state index is 11.6. The highest BCUT2D eigenvalue weighted by Gasteiger charge is 2.14. The van der Waals surface area contributed by atoms with Gasteiger partial charge in [0.05, 0.1) is 11.0 Å². The first kappa shape index (κ1) is 12.8. The van der Waals surface area contributed by atoms with E-state index in [4.69, 9.17) is 0 Å². The fourth-order valence-corrected chi connectivity index (χ4v) is 2.88. The summed E-state index contributed by atoms with van der Waals surface area (Å²) in [5.41, 5.74) is 1.52. The van der Waals surface area contributed by atoms with Gasteiger partial charge in [-0.3, -0.25) is 29.5 Å². The quantitative estimate of drug-likeness (QED) is 0.252. The molecule has 0 aliphatic rings. The summed E-state index contributed by atoms with van der Waals surface area (Å²) in [5.74, 6) is 0. The lowest BCUT2D eigenvalue weighted by Crippen LogP contribution is -2.29. The number of pyridine rings is 2. The summed E-state index contributed by atoms with van der Waals surface area (Å²) in [4.78, 5) is 45.8. The van der Waals surface area contributed by atoms with Crippen molar-refractivity contribution >= 4 is 44.1 Å². The van der Waals surface area contributed by atoms with Crippen LogP contribution in [0.2, 0.25) is 0 Å². The van der Waals surface area contributed by atoms with Gasteiger partial charge in [-0.1, -0.05) is 0 Å². The Balaban J connectivity index is 2.16. The first-order chi connectivity index (χ1) is 11.7. The number of H-pyrrole nitrogens is 2. The van der Waals surface area contributed by atoms with Crippen LogP contribution < -0.4 is 11.1 Å². The van der Waals surface area contributed by atoms with E-state index in [1.54, 1.807) is 24.5 Å². The van der Waals surface area contributed by atoms with Gasteiger partial charge in [0, 0.05) is 23.2 Å². The molecule has 4 heterocycles. The fourth-order valence-electron chi connectivity index (χ4n) is 2.88. The van der Waals surface area contributed by atoms with E-state index in [0.29, 0.717) is 22.1 Å². The maximum atomic E-state index is 11.6. The highest BCUT2D eigenvalue weighted by molar-refractivity contribution is 6.21. The van der Waals surface area contributed by atoms with Crippen molar-refractivity contribution in [1.82, 2.24) is 29.9 Å². The third kappa shape index (κ3) is 1.62. The molecule has 0 bridgehead atoms. The second-order valence-corrected chi connectivity index (χ2v) is 5.33. The van der Waals surface area contributed by atoms with Crippen LogP contribution in [0.5, 0.6) is 0 Å². The summed E-state index contributed by atoms with van der Waals surface area (Å²) in [6.07, 6.45) is 3.38. The Labute approximate surface area is 132 Å². The van der Waals surface area contributed by atoms with Crippen molar-refractivity contribution in [2.24, 2.45) is 0 Å². The Hall–Kier alpha value is -3.68. The summed E-state index contributed by atoms with van der Waals surface area (Å²) in [7, 11) is 0. The molecule has 0 aliphatic carbocycles. The summed E-state index contributed by atoms with van der Waals surface area (Å²) in [6.45, 7) is 0. The lowest BCUT2D eigenvalue weighted by Gasteiger charge is -2.08. The predicted octanol–water partition coefficient (Wildman–Crippen LogP) is 1.26. The summed E-state index contributed by atoms with van der Waals surface area (Å²) in [6, 6.07) is 7.36. The average molecular weight is 316 g/mol. The number of benzene rings is 1. The summed E-state index contributed by atoms with van der Waals surface area (Å²) >= 11 is 0. The van der Waals surface area contributed by atoms with Crippen LogP contribution >= 0.6 is 0 Å². The SMILES string of the molecule is O=c1[nH]c2nc3c4cccnc4c4ncccc4c3nc2[nH]c1=O. The number of hydrogen-bond acceptors (Lipinski definition) is 6. The first-order valence-corrected chi connectivity index (χ1v) is 7.18. The number of aromatic nitrogens is 6. The second kappa shape index (κ2) is 4.42. The molecular weight excluding hydrogens is 308 g/mol. The maximum Gasteiger partial charge on any atom is 0.315 e. The first-order valence-electron chi connectivity index (χ1n) is 7.18. The van der Waals surface area contributed by atoms with Crippen LogP contribution in [0.25, 0.3) is 44.1 Å². The number of rotatable bonds is 0. The molecule has 0 saturated heterocycles. The molecule has 8 heteroatoms. The molecule has 5 aromatic rings. The predicted molar refractivity (Wildman–Crippen MR) is 88.9 cm³/mol. The normalized spacial score (nSPS) is 11.7. The van der Waals surface area contributed by atoms with Crippen molar-refractivity contribution in [3.8, 4) is 0 Å². The fraction of sp³-hybridized carbons (Fsp3) is 0. The molecule has 4 aromatic heterocycles. The third-order valence-corrected chi connectivity index (χ3v) is 3.92. The Morgan fingerprint density at radius 3 is 1.58 bits per heavy atom. The van der Waals surface area contributed by atoms with Crippen LogP contribution in [-0.4, -0.2) is 29.9 Å². The van der Waals surface area contributed by atoms with Crippen LogP contribution in [0.3, 0.4) is 0 Å². The van der Waals surface area contributed by atoms with E-state index >= 15 is 0 Å². The third-order valence-electron chi connectivity index (χ3n) is 3.92. The van der Waals surface area contributed by atoms with E-state index < -0.39 is 11.1 Å². The molecule has 114 valence electrons. The smallest absolute Gasteiger partial charge is 0.299 e. The van der Waals surface area contributed by atoms with E-state index in [1.165, 1.54) is 0 Å². The molecule has 0 unspecified atom stereocenters. The van der Waals surface area contributed by atoms with Gasteiger partial charge in [0.2, 0.25) is 0 Å². The van der Waals surface area contributed by atoms with Crippen LogP contribution in [0, 0.1) is 0 Å². The molecule has 0 saturated carbocycles. The van der Waals surface area contributed by atoms with Crippen molar-refractivity contribution in [2.75, 3.05) is 0 Å². The van der Waals surface area contributed by atoms with Gasteiger partial charge in [-0.2, -0.15) is 0 Å². The van der Waals surface area contributed by atoms with Crippen LogP contribution in [-0.2, 0) is 0 Å². The van der Waals surface area contributed by atoms with Crippen molar-refractivity contribution in [1.29, 1.82) is 0 Å². The van der Waals surface area contributed by atoms with Crippen molar-refractivity contribution in [2.45, 2.75) is 0 Å². The van der Waals surface area contributed by atoms with Crippen LogP contribution in [0.1, 0.15) is 0 Å². The van der Waals surface area contributed by atoms with Crippen molar-refractivity contribution in [3.05, 3.63) is 57.4 Å². The molecule has 0 fully saturated rings. The van der Waals surface area contributed by atoms with Gasteiger partial charge in [-0.25, -0.2) is 9.97 Å². The zero-order valence-corrected chi connectivity index (χ0v) is 12.1. The molecular formula is C16H8N6O2. The lowest BCUT2D eigenvalue weighted by molar-refractivity contribution is 1.10. The minimum atomic E-state index is -0.763. The van der Waals surface area contributed by atoms with E-state index in [9.17, 15) is 9.59 Å². The standard InChI is InChI=1S/C16H8N6O2/c23-15-16(24)22-14-13(21-15)19-11-7-3-1-5-17-9(7)10-8(12(11)20-14)4-2-6-18-10/h1-6H,(H,19,21,23)(H,20,22,24). The largest absolute Gasteiger partial charge is 0.315 e. The van der Waals surface area contributed by atoms with E-state index in [0.717, 1.165) is 10.8 Å². The topological polar surface area (TPSA) is 117 Å². The molecule has 2 N–H and O–H groups in total. The van der Waals surface area contributed by atoms with Crippen molar-refractivity contribution < 1.29 is 0 Å². The minimum Gasteiger partial charge on any atom is -0.299 e. The van der Waals surface area contributed by atoms with E-state index in [2.05, 4.69) is 29.9 Å². The highest BCUT2D eigenvalue weighted by Crippen LogP contribution is 2.30. The number of hydrogen-bond donors (Lipinski definition) is 2. The van der Waals surface area contributed by atoms with Gasteiger partial charge in [0.1, 0.15) is 11.0 Å². The zero-order chi connectivity index (χ0) is 16.3. The van der Waals surface area contributed by atoms with Gasteiger partial charge < -0.3 is 0 Å². The van der Waals surface area contributed by atoms with Gasteiger partial charge >= 0.3 is 11.1 Å². The molecule has 0 radical (unpaired) electrons. The number of nitrogens with one attached hydrogen (secondary N) is 2. The van der Waals surface area contributed by atoms with Gasteiger partial charge in [0.15, 0.2) is 11.3 Å². The summed E-state index contributed by atoms with van der Waals surface area (Å²) in [5, 5.41) is 1.56. The Morgan fingerprint density at radius 2 is 1.12 bits per heavy atom. The molecule has 5 rings (SSSR count). The Kier molecular flexibility index (Phi) is 2.36. The molecule has 0 amide bonds. The Bertz CT molecular complexity index is 1300. The lowest BCUT2D eigenvalue weighted by atomic mass is 10.1. The summed E-state index contributed by atoms with van der Waals surface area (Å²) < 4.78 is 0. The minimum absolute atomic E-state index is 0.223. The van der Waals surface area contributed by atoms with Crippen LogP contribution in [0.15, 0.2) is 46.2 Å². The zero-order valence-electron chi connectivity index (χ0n) is 12.1. The molecule has 1 aromatic carbocycles. The number of aromatic amines is 2. The Morgan fingerprint density at radius 1 is 0.667 bits per heavy atom. The average Bonchev–Trinajstić information content (AvgIpc) is 2.62. The van der Waals surface area contributed by atoms with Gasteiger partial charge in [-0.05, 0) is 24.3 Å². The number of fused-ring (bicyclic) bond motifs is 7. The van der Waals surface area contributed by atoms with E-state index in [-0.39, 0.29) is 11.3 Å². The highest BCUT2D eigenvalue weighted by atomic mass is 16.2. The monoisotopic (exact) mass is 316 g/mol. The molecule has 8 nitrogen and oxygen atoms in total. The van der Waals surface area contributed by atoms with Crippen molar-refractivity contribution in [3.63, 3.8) is 0 Å². The molecule has 0 spiro atoms. The number of nitrogens with zero attached hydrogens (tertiary/aromatic N) is 4. The molecule has 0 atom stereocenters. The van der Waals surface area contributed by atoms with Gasteiger partial charge in [0.25, 0.3) is 0 Å². The van der Waals surface area contributed by atoms with Crippen LogP contribution in [0.4, 0.5) is 0 Å².